The summed E-state index contributed by atoms with van der Waals surface area (Å²) in [5, 5.41) is 5.27. The summed E-state index contributed by atoms with van der Waals surface area (Å²) in [4.78, 5) is 17.9. The minimum absolute atomic E-state index is 0.255. The van der Waals surface area contributed by atoms with Gasteiger partial charge in [-0.15, -0.1) is 5.10 Å². The largest absolute Gasteiger partial charge is 0.493 e. The van der Waals surface area contributed by atoms with Crippen molar-refractivity contribution in [2.75, 3.05) is 6.61 Å². The molecule has 0 aliphatic carbocycles. The second-order valence-corrected chi connectivity index (χ2v) is 9.87. The molecule has 0 saturated heterocycles. The molecular weight excluding hydrogens is 493 g/mol. The fourth-order valence-corrected chi connectivity index (χ4v) is 4.60. The summed E-state index contributed by atoms with van der Waals surface area (Å²) in [6, 6.07) is 16.4. The predicted octanol–water partition coefficient (Wildman–Crippen LogP) is 5.97. The third-order valence-corrected chi connectivity index (χ3v) is 6.77. The molecule has 0 aliphatic rings. The summed E-state index contributed by atoms with van der Waals surface area (Å²) >= 11 is 13.6. The van der Waals surface area contributed by atoms with Crippen LogP contribution in [0.5, 0.6) is 5.75 Å². The Hall–Kier alpha value is -3.13. The van der Waals surface area contributed by atoms with Gasteiger partial charge < -0.3 is 9.15 Å². The molecule has 0 fully saturated rings. The Balaban J connectivity index is 1.42. The lowest BCUT2D eigenvalue weighted by molar-refractivity contribution is 0.271. The van der Waals surface area contributed by atoms with Gasteiger partial charge in [-0.05, 0) is 54.4 Å². The number of furan rings is 1. The van der Waals surface area contributed by atoms with Gasteiger partial charge in [0.05, 0.1) is 16.7 Å². The topological polar surface area (TPSA) is 69.6 Å². The standard InChI is InChI=1S/C25H19Cl2N3O3S/c1-14(2)13-32-16-8-6-15(7-9-16)23-28-25-30(29-23)24(31)21(34-25)12-17-10-11-20(33-17)18-4-3-5-19(26)22(18)27/h3-12,14H,13H2,1-2H3. The van der Waals surface area contributed by atoms with Crippen LogP contribution in [-0.4, -0.2) is 21.2 Å². The maximum absolute atomic E-state index is 12.9. The zero-order chi connectivity index (χ0) is 23.8. The Morgan fingerprint density at radius 3 is 2.65 bits per heavy atom. The van der Waals surface area contributed by atoms with Crippen LogP contribution in [0.15, 0.2) is 63.8 Å². The van der Waals surface area contributed by atoms with E-state index in [0.29, 0.717) is 55.0 Å². The van der Waals surface area contributed by atoms with Crippen LogP contribution in [0.1, 0.15) is 19.6 Å². The molecule has 0 spiro atoms. The van der Waals surface area contributed by atoms with E-state index < -0.39 is 0 Å². The van der Waals surface area contributed by atoms with Crippen LogP contribution < -0.4 is 14.8 Å². The smallest absolute Gasteiger partial charge is 0.291 e. The fourth-order valence-electron chi connectivity index (χ4n) is 3.32. The lowest BCUT2D eigenvalue weighted by atomic mass is 10.2. The van der Waals surface area contributed by atoms with E-state index in [1.54, 1.807) is 30.3 Å². The van der Waals surface area contributed by atoms with E-state index in [9.17, 15) is 4.79 Å². The second-order valence-electron chi connectivity index (χ2n) is 8.08. The summed E-state index contributed by atoms with van der Waals surface area (Å²) in [6.45, 7) is 4.85. The third kappa shape index (κ3) is 4.46. The highest BCUT2D eigenvalue weighted by Crippen LogP contribution is 2.34. The van der Waals surface area contributed by atoms with Crippen molar-refractivity contribution in [3.8, 4) is 28.5 Å². The maximum atomic E-state index is 12.9. The highest BCUT2D eigenvalue weighted by molar-refractivity contribution is 7.15. The summed E-state index contributed by atoms with van der Waals surface area (Å²) in [6.07, 6.45) is 1.67. The number of hydrogen-bond donors (Lipinski definition) is 0. The van der Waals surface area contributed by atoms with E-state index in [4.69, 9.17) is 32.4 Å². The Bertz CT molecular complexity index is 1590. The first-order valence-corrected chi connectivity index (χ1v) is 12.1. The first kappa shape index (κ1) is 22.7. The van der Waals surface area contributed by atoms with Crippen LogP contribution in [0.2, 0.25) is 10.0 Å². The van der Waals surface area contributed by atoms with Gasteiger partial charge in [-0.25, -0.2) is 0 Å². The molecule has 6 nitrogen and oxygen atoms in total. The molecular formula is C25H19Cl2N3O3S. The van der Waals surface area contributed by atoms with Crippen molar-refractivity contribution in [2.24, 2.45) is 5.92 Å². The first-order valence-electron chi connectivity index (χ1n) is 10.6. The summed E-state index contributed by atoms with van der Waals surface area (Å²) in [5.74, 6) is 2.81. The quantitative estimate of drug-likeness (QED) is 0.281. The van der Waals surface area contributed by atoms with Crippen LogP contribution >= 0.6 is 34.5 Å². The van der Waals surface area contributed by atoms with E-state index in [1.165, 1.54) is 15.9 Å². The number of benzene rings is 2. The molecule has 3 heterocycles. The van der Waals surface area contributed by atoms with E-state index >= 15 is 0 Å². The van der Waals surface area contributed by atoms with E-state index in [0.717, 1.165) is 11.3 Å². The summed E-state index contributed by atoms with van der Waals surface area (Å²) in [5.41, 5.74) is 1.24. The third-order valence-electron chi connectivity index (χ3n) is 4.99. The van der Waals surface area contributed by atoms with Crippen molar-refractivity contribution >= 4 is 45.6 Å². The van der Waals surface area contributed by atoms with Gasteiger partial charge >= 0.3 is 0 Å². The molecule has 3 aromatic heterocycles. The summed E-state index contributed by atoms with van der Waals surface area (Å²) < 4.78 is 13.4. The fraction of sp³-hybridized carbons (Fsp3) is 0.160. The van der Waals surface area contributed by atoms with E-state index in [1.807, 2.05) is 30.3 Å². The number of fused-ring (bicyclic) bond motifs is 1. The van der Waals surface area contributed by atoms with Gasteiger partial charge in [0.1, 0.15) is 21.8 Å². The average molecular weight is 512 g/mol. The van der Waals surface area contributed by atoms with Crippen molar-refractivity contribution in [3.05, 3.63) is 85.3 Å². The molecule has 5 aromatic rings. The minimum atomic E-state index is -0.255. The molecule has 5 rings (SSSR count). The number of hydrogen-bond acceptors (Lipinski definition) is 6. The molecule has 0 N–H and O–H groups in total. The van der Waals surface area contributed by atoms with Crippen molar-refractivity contribution in [3.63, 3.8) is 0 Å². The van der Waals surface area contributed by atoms with Gasteiger partial charge in [0.25, 0.3) is 5.56 Å². The average Bonchev–Trinajstić information content (AvgIpc) is 3.52. The molecule has 0 amide bonds. The van der Waals surface area contributed by atoms with Crippen LogP contribution in [0.3, 0.4) is 0 Å². The zero-order valence-electron chi connectivity index (χ0n) is 18.3. The molecule has 172 valence electrons. The molecule has 0 saturated carbocycles. The molecule has 9 heteroatoms. The second kappa shape index (κ2) is 9.25. The number of rotatable bonds is 6. The molecule has 2 aromatic carbocycles. The Morgan fingerprint density at radius 2 is 1.91 bits per heavy atom. The monoisotopic (exact) mass is 511 g/mol. The van der Waals surface area contributed by atoms with Gasteiger partial charge in [-0.1, -0.05) is 54.5 Å². The van der Waals surface area contributed by atoms with Gasteiger partial charge in [-0.3, -0.25) is 4.79 Å². The van der Waals surface area contributed by atoms with Crippen molar-refractivity contribution in [2.45, 2.75) is 13.8 Å². The Morgan fingerprint density at radius 1 is 1.12 bits per heavy atom. The van der Waals surface area contributed by atoms with Crippen LogP contribution in [0, 0.1) is 5.92 Å². The molecule has 34 heavy (non-hydrogen) atoms. The normalized spacial score (nSPS) is 12.2. The van der Waals surface area contributed by atoms with E-state index in [-0.39, 0.29) is 5.56 Å². The molecule has 0 aliphatic heterocycles. The zero-order valence-corrected chi connectivity index (χ0v) is 20.6. The van der Waals surface area contributed by atoms with Gasteiger partial charge in [0.15, 0.2) is 5.82 Å². The van der Waals surface area contributed by atoms with E-state index in [2.05, 4.69) is 23.9 Å². The van der Waals surface area contributed by atoms with Gasteiger partial charge in [0, 0.05) is 17.2 Å². The molecule has 0 radical (unpaired) electrons. The molecule has 0 unspecified atom stereocenters. The Kier molecular flexibility index (Phi) is 6.16. The predicted molar refractivity (Wildman–Crippen MR) is 136 cm³/mol. The number of nitrogens with zero attached hydrogens (tertiary/aromatic N) is 3. The minimum Gasteiger partial charge on any atom is -0.493 e. The number of aromatic nitrogens is 3. The SMILES string of the molecule is CC(C)COc1ccc(-c2nc3sc(=Cc4ccc(-c5cccc(Cl)c5Cl)o4)c(=O)n3n2)cc1. The van der Waals surface area contributed by atoms with Crippen LogP contribution in [0.4, 0.5) is 0 Å². The van der Waals surface area contributed by atoms with Crippen LogP contribution in [0.25, 0.3) is 33.7 Å². The highest BCUT2D eigenvalue weighted by atomic mass is 35.5. The maximum Gasteiger partial charge on any atom is 0.291 e. The van der Waals surface area contributed by atoms with Crippen molar-refractivity contribution in [1.29, 1.82) is 0 Å². The van der Waals surface area contributed by atoms with Gasteiger partial charge in [-0.2, -0.15) is 9.50 Å². The van der Waals surface area contributed by atoms with Crippen molar-refractivity contribution < 1.29 is 9.15 Å². The molecule has 0 atom stereocenters. The van der Waals surface area contributed by atoms with Crippen LogP contribution in [-0.2, 0) is 0 Å². The highest BCUT2D eigenvalue weighted by Gasteiger charge is 2.14. The van der Waals surface area contributed by atoms with Crippen molar-refractivity contribution in [1.82, 2.24) is 14.6 Å². The number of halogens is 2. The number of thiazole rings is 1. The number of ether oxygens (including phenoxy) is 1. The lowest BCUT2D eigenvalue weighted by Crippen LogP contribution is -2.23. The first-order chi connectivity index (χ1) is 16.4. The summed E-state index contributed by atoms with van der Waals surface area (Å²) in [7, 11) is 0. The lowest BCUT2D eigenvalue weighted by Gasteiger charge is -2.08. The Labute approximate surface area is 209 Å². The van der Waals surface area contributed by atoms with Gasteiger partial charge in [0.2, 0.25) is 4.96 Å². The molecule has 0 bridgehead atoms.